The third-order valence-electron chi connectivity index (χ3n) is 4.47. The Morgan fingerprint density at radius 2 is 2.14 bits per heavy atom. The van der Waals surface area contributed by atoms with E-state index in [1.165, 1.54) is 35.7 Å². The van der Waals surface area contributed by atoms with Crippen LogP contribution in [0.15, 0.2) is 39.9 Å². The lowest BCUT2D eigenvalue weighted by Crippen LogP contribution is -2.49. The van der Waals surface area contributed by atoms with Crippen LogP contribution in [0.5, 0.6) is 5.75 Å². The topological polar surface area (TPSA) is 119 Å². The highest BCUT2D eigenvalue weighted by molar-refractivity contribution is 7.91. The zero-order chi connectivity index (χ0) is 20.3. The molecule has 11 heteroatoms. The molecule has 1 aliphatic heterocycles. The van der Waals surface area contributed by atoms with Gasteiger partial charge in [-0.05, 0) is 36.4 Å². The largest absolute Gasteiger partial charge is 0.496 e. The fourth-order valence-electron chi connectivity index (χ4n) is 3.09. The first-order valence-electron chi connectivity index (χ1n) is 8.53. The lowest BCUT2D eigenvalue weighted by Gasteiger charge is -2.33. The van der Waals surface area contributed by atoms with Gasteiger partial charge < -0.3 is 10.1 Å². The van der Waals surface area contributed by atoms with E-state index < -0.39 is 26.9 Å². The fraction of sp³-hybridized carbons (Fsp3) is 0.353. The third kappa shape index (κ3) is 4.01. The predicted molar refractivity (Wildman–Crippen MR) is 104 cm³/mol. The molecule has 0 bridgehead atoms. The molecule has 1 fully saturated rings. The van der Waals surface area contributed by atoms with E-state index in [0.717, 1.165) is 11.3 Å². The number of anilines is 1. The number of carbonyl (C=O) groups excluding carboxylic acids is 1. The second-order valence-corrected chi connectivity index (χ2v) is 9.25. The minimum Gasteiger partial charge on any atom is -0.496 e. The number of thiophene rings is 1. The van der Waals surface area contributed by atoms with Crippen LogP contribution in [0.1, 0.15) is 19.3 Å². The molecule has 2 heterocycles. The summed E-state index contributed by atoms with van der Waals surface area (Å²) in [7, 11) is -2.42. The zero-order valence-corrected chi connectivity index (χ0v) is 16.7. The second kappa shape index (κ2) is 8.25. The molecule has 1 atom stereocenters. The van der Waals surface area contributed by atoms with Gasteiger partial charge in [0.25, 0.3) is 15.7 Å². The smallest absolute Gasteiger partial charge is 0.296 e. The molecule has 1 unspecified atom stereocenters. The number of amides is 1. The molecule has 1 amide bonds. The Kier molecular flexibility index (Phi) is 5.96. The van der Waals surface area contributed by atoms with E-state index in [-0.39, 0.29) is 27.9 Å². The Morgan fingerprint density at radius 1 is 1.36 bits per heavy atom. The summed E-state index contributed by atoms with van der Waals surface area (Å²) in [5, 5.41) is 15.5. The van der Waals surface area contributed by atoms with Gasteiger partial charge in [0.15, 0.2) is 0 Å². The van der Waals surface area contributed by atoms with Crippen molar-refractivity contribution in [1.82, 2.24) is 4.31 Å². The summed E-state index contributed by atoms with van der Waals surface area (Å²) in [6, 6.07) is 6.27. The molecule has 0 aliphatic carbocycles. The lowest BCUT2D eigenvalue weighted by atomic mass is 10.0. The minimum absolute atomic E-state index is 0.00477. The Morgan fingerprint density at radius 3 is 2.79 bits per heavy atom. The molecule has 3 rings (SSSR count). The number of piperidine rings is 1. The number of carbonyl (C=O) groups is 1. The van der Waals surface area contributed by atoms with Gasteiger partial charge in [0, 0.05) is 6.54 Å². The van der Waals surface area contributed by atoms with Crippen molar-refractivity contribution in [3.8, 4) is 5.75 Å². The minimum atomic E-state index is -3.81. The van der Waals surface area contributed by atoms with Crippen LogP contribution in [0.4, 0.5) is 11.4 Å². The molecule has 0 spiro atoms. The number of hydrogen-bond acceptors (Lipinski definition) is 7. The van der Waals surface area contributed by atoms with Crippen molar-refractivity contribution in [3.05, 3.63) is 45.8 Å². The summed E-state index contributed by atoms with van der Waals surface area (Å²) in [5.74, 6) is -0.308. The van der Waals surface area contributed by atoms with Crippen LogP contribution in [-0.2, 0) is 14.8 Å². The number of ether oxygens (including phenoxy) is 1. The number of nitrogens with zero attached hydrogens (tertiary/aromatic N) is 2. The number of hydrogen-bond donors (Lipinski definition) is 1. The van der Waals surface area contributed by atoms with E-state index in [9.17, 15) is 23.3 Å². The normalized spacial score (nSPS) is 17.8. The quantitative estimate of drug-likeness (QED) is 0.561. The fourth-order valence-corrected chi connectivity index (χ4v) is 5.87. The predicted octanol–water partition coefficient (Wildman–Crippen LogP) is 2.85. The van der Waals surface area contributed by atoms with Crippen molar-refractivity contribution in [3.63, 3.8) is 0 Å². The number of sulfonamides is 1. The number of rotatable bonds is 6. The van der Waals surface area contributed by atoms with Gasteiger partial charge in [-0.1, -0.05) is 12.5 Å². The molecule has 1 aromatic heterocycles. The van der Waals surface area contributed by atoms with Gasteiger partial charge in [-0.25, -0.2) is 8.42 Å². The number of methoxy groups -OCH3 is 1. The van der Waals surface area contributed by atoms with E-state index in [1.807, 2.05) is 0 Å². The van der Waals surface area contributed by atoms with Crippen LogP contribution < -0.4 is 10.1 Å². The van der Waals surface area contributed by atoms with Crippen molar-refractivity contribution < 1.29 is 22.9 Å². The highest BCUT2D eigenvalue weighted by Crippen LogP contribution is 2.31. The average molecular weight is 425 g/mol. The maximum atomic E-state index is 12.9. The van der Waals surface area contributed by atoms with Crippen molar-refractivity contribution in [1.29, 1.82) is 0 Å². The van der Waals surface area contributed by atoms with Gasteiger partial charge >= 0.3 is 0 Å². The summed E-state index contributed by atoms with van der Waals surface area (Å²) in [6.45, 7) is 0.225. The summed E-state index contributed by atoms with van der Waals surface area (Å²) in [5.41, 5.74) is -0.328. The maximum absolute atomic E-state index is 12.9. The van der Waals surface area contributed by atoms with Gasteiger partial charge in [0.2, 0.25) is 5.91 Å². The Hall–Kier alpha value is -2.50. The Labute approximate surface area is 166 Å². The van der Waals surface area contributed by atoms with Gasteiger partial charge in [-0.15, -0.1) is 11.3 Å². The first-order chi connectivity index (χ1) is 13.3. The highest BCUT2D eigenvalue weighted by atomic mass is 32.2. The van der Waals surface area contributed by atoms with E-state index in [4.69, 9.17) is 4.74 Å². The monoisotopic (exact) mass is 425 g/mol. The molecule has 28 heavy (non-hydrogen) atoms. The van der Waals surface area contributed by atoms with Gasteiger partial charge in [0.05, 0.1) is 18.1 Å². The number of nitrogens with one attached hydrogen (secondary N) is 1. The molecule has 2 aromatic rings. The Balaban J connectivity index is 1.88. The molecular weight excluding hydrogens is 406 g/mol. The first kappa shape index (κ1) is 20.2. The molecule has 1 aliphatic rings. The lowest BCUT2D eigenvalue weighted by molar-refractivity contribution is -0.384. The van der Waals surface area contributed by atoms with Gasteiger partial charge in [-0.3, -0.25) is 14.9 Å². The molecule has 1 N–H and O–H groups in total. The van der Waals surface area contributed by atoms with Gasteiger partial charge in [0.1, 0.15) is 21.7 Å². The van der Waals surface area contributed by atoms with E-state index in [2.05, 4.69) is 5.32 Å². The summed E-state index contributed by atoms with van der Waals surface area (Å²) < 4.78 is 32.1. The van der Waals surface area contributed by atoms with Crippen LogP contribution in [0.3, 0.4) is 0 Å². The highest BCUT2D eigenvalue weighted by Gasteiger charge is 2.38. The van der Waals surface area contributed by atoms with Crippen LogP contribution >= 0.6 is 11.3 Å². The number of nitro benzene ring substituents is 1. The molecule has 1 aromatic carbocycles. The molecule has 9 nitrogen and oxygen atoms in total. The molecule has 1 saturated heterocycles. The summed E-state index contributed by atoms with van der Waals surface area (Å²) in [6.07, 6.45) is 1.69. The maximum Gasteiger partial charge on any atom is 0.296 e. The van der Waals surface area contributed by atoms with Crippen LogP contribution in [0.25, 0.3) is 0 Å². The Bertz CT molecular complexity index is 975. The average Bonchev–Trinajstić information content (AvgIpc) is 3.24. The zero-order valence-electron chi connectivity index (χ0n) is 15.0. The van der Waals surface area contributed by atoms with Crippen LogP contribution in [-0.4, -0.2) is 43.2 Å². The van der Waals surface area contributed by atoms with E-state index >= 15 is 0 Å². The molecular formula is C17H19N3O6S2. The van der Waals surface area contributed by atoms with Crippen LogP contribution in [0, 0.1) is 10.1 Å². The molecule has 0 saturated carbocycles. The number of benzene rings is 1. The van der Waals surface area contributed by atoms with Crippen LogP contribution in [0.2, 0.25) is 0 Å². The van der Waals surface area contributed by atoms with E-state index in [0.29, 0.717) is 19.3 Å². The van der Waals surface area contributed by atoms with E-state index in [1.54, 1.807) is 11.4 Å². The molecule has 150 valence electrons. The number of nitro groups is 1. The van der Waals surface area contributed by atoms with Crippen molar-refractivity contribution in [2.24, 2.45) is 0 Å². The van der Waals surface area contributed by atoms with Gasteiger partial charge in [-0.2, -0.15) is 4.31 Å². The standard InChI is InChI=1S/C17H19N3O6S2/c1-26-12-7-8-13(15(11-12)20(22)23)18-17(21)14-5-2-3-9-19(14)28(24,25)16-6-4-10-27-16/h4,6-8,10-11,14H,2-3,5,9H2,1H3,(H,18,21). The first-order valence-corrected chi connectivity index (χ1v) is 10.8. The SMILES string of the molecule is COc1ccc(NC(=O)C2CCCCN2S(=O)(=O)c2cccs2)c([N+](=O)[O-])c1. The molecule has 0 radical (unpaired) electrons. The van der Waals surface area contributed by atoms with Crippen molar-refractivity contribution in [2.45, 2.75) is 29.5 Å². The summed E-state index contributed by atoms with van der Waals surface area (Å²) >= 11 is 1.09. The van der Waals surface area contributed by atoms with Crippen molar-refractivity contribution >= 4 is 38.6 Å². The summed E-state index contributed by atoms with van der Waals surface area (Å²) in [4.78, 5) is 23.6. The third-order valence-corrected chi connectivity index (χ3v) is 7.76. The van der Waals surface area contributed by atoms with Crippen molar-refractivity contribution in [2.75, 3.05) is 19.0 Å². The second-order valence-electron chi connectivity index (χ2n) is 6.19.